The molecule has 2 N–H and O–H groups in total. The number of hydrogen-bond donors (Lipinski definition) is 2. The van der Waals surface area contributed by atoms with Crippen molar-refractivity contribution in [2.45, 2.75) is 32.8 Å². The normalized spacial score (nSPS) is 14.6. The van der Waals surface area contributed by atoms with Crippen molar-refractivity contribution < 1.29 is 19.1 Å². The van der Waals surface area contributed by atoms with E-state index in [1.807, 2.05) is 77.5 Å². The Bertz CT molecular complexity index is 1450. The van der Waals surface area contributed by atoms with E-state index in [4.69, 9.17) is 14.6 Å². The van der Waals surface area contributed by atoms with E-state index in [0.29, 0.717) is 37.9 Å². The molecule has 3 aromatic carbocycles. The van der Waals surface area contributed by atoms with Crippen molar-refractivity contribution in [3.05, 3.63) is 96.1 Å². The Kier molecular flexibility index (Phi) is 8.88. The summed E-state index contributed by atoms with van der Waals surface area (Å²) in [7, 11) is 0. The zero-order valence-electron chi connectivity index (χ0n) is 22.6. The van der Waals surface area contributed by atoms with E-state index < -0.39 is 5.92 Å². The number of nitrogens with one attached hydrogen (secondary N) is 2. The Labute approximate surface area is 234 Å². The maximum Gasteiger partial charge on any atom is 0.230 e. The Hall–Kier alpha value is -4.43. The maximum absolute atomic E-state index is 12.8. The van der Waals surface area contributed by atoms with Gasteiger partial charge in [0.1, 0.15) is 12.4 Å². The van der Waals surface area contributed by atoms with Gasteiger partial charge in [0.15, 0.2) is 5.82 Å². The third kappa shape index (κ3) is 6.95. The summed E-state index contributed by atoms with van der Waals surface area (Å²) in [5.74, 6) is 0.391. The van der Waals surface area contributed by atoms with Gasteiger partial charge in [-0.15, -0.1) is 5.10 Å². The molecule has 2 heterocycles. The Morgan fingerprint density at radius 2 is 1.82 bits per heavy atom. The van der Waals surface area contributed by atoms with Crippen molar-refractivity contribution in [2.24, 2.45) is 5.92 Å². The highest BCUT2D eigenvalue weighted by Crippen LogP contribution is 2.29. The van der Waals surface area contributed by atoms with Crippen LogP contribution in [0.3, 0.4) is 0 Å². The fraction of sp³-hybridized carbons (Fsp3) is 0.281. The summed E-state index contributed by atoms with van der Waals surface area (Å²) < 4.78 is 13.5. The number of carbonyl (C=O) groups excluding carboxylic acids is 2. The number of carbonyl (C=O) groups is 2. The summed E-state index contributed by atoms with van der Waals surface area (Å²) in [6.07, 6.45) is 2.21. The third-order valence-corrected chi connectivity index (χ3v) is 6.74. The van der Waals surface area contributed by atoms with Gasteiger partial charge >= 0.3 is 0 Å². The van der Waals surface area contributed by atoms with Gasteiger partial charge in [-0.05, 0) is 35.7 Å². The average Bonchev–Trinajstić information content (AvgIpc) is 3.60. The van der Waals surface area contributed by atoms with Crippen molar-refractivity contribution in [1.82, 2.24) is 15.1 Å². The minimum Gasteiger partial charge on any atom is -0.491 e. The van der Waals surface area contributed by atoms with Crippen LogP contribution < -0.4 is 15.4 Å². The van der Waals surface area contributed by atoms with Crippen molar-refractivity contribution in [2.75, 3.05) is 25.1 Å². The first-order valence-electron chi connectivity index (χ1n) is 13.7. The minimum atomic E-state index is -0.408. The van der Waals surface area contributed by atoms with Crippen LogP contribution >= 0.6 is 0 Å². The van der Waals surface area contributed by atoms with Crippen LogP contribution in [0.4, 0.5) is 5.82 Å². The summed E-state index contributed by atoms with van der Waals surface area (Å²) >= 11 is 0. The molecule has 0 bridgehead atoms. The Balaban J connectivity index is 1.34. The molecule has 1 aliphatic heterocycles. The monoisotopic (exact) mass is 538 g/mol. The predicted molar refractivity (Wildman–Crippen MR) is 154 cm³/mol. The van der Waals surface area contributed by atoms with Crippen LogP contribution in [0, 0.1) is 5.92 Å². The third-order valence-electron chi connectivity index (χ3n) is 6.74. The van der Waals surface area contributed by atoms with E-state index in [9.17, 15) is 9.59 Å². The quantitative estimate of drug-likeness (QED) is 0.243. The zero-order valence-corrected chi connectivity index (χ0v) is 22.6. The van der Waals surface area contributed by atoms with Crippen LogP contribution in [0.2, 0.25) is 0 Å². The Morgan fingerprint density at radius 3 is 2.62 bits per heavy atom. The summed E-state index contributed by atoms with van der Waals surface area (Å²) in [4.78, 5) is 24.4. The van der Waals surface area contributed by atoms with Gasteiger partial charge < -0.3 is 20.1 Å². The molecule has 8 heteroatoms. The molecular formula is C32H34N4O4. The second kappa shape index (κ2) is 13.1. The molecular weight excluding hydrogens is 504 g/mol. The van der Waals surface area contributed by atoms with Gasteiger partial charge in [-0.3, -0.25) is 9.59 Å². The minimum absolute atomic E-state index is 0.110. The van der Waals surface area contributed by atoms with Crippen LogP contribution in [0.25, 0.3) is 16.9 Å². The molecule has 206 valence electrons. The molecule has 1 saturated heterocycles. The molecule has 4 aromatic rings. The van der Waals surface area contributed by atoms with Crippen molar-refractivity contribution in [1.29, 1.82) is 0 Å². The second-order valence-corrected chi connectivity index (χ2v) is 9.86. The molecule has 1 aromatic heterocycles. The molecule has 1 atom stereocenters. The fourth-order valence-electron chi connectivity index (χ4n) is 4.73. The van der Waals surface area contributed by atoms with E-state index >= 15 is 0 Å². The smallest absolute Gasteiger partial charge is 0.230 e. The number of hydrogen-bond acceptors (Lipinski definition) is 5. The number of aromatic nitrogens is 2. The second-order valence-electron chi connectivity index (χ2n) is 9.86. The van der Waals surface area contributed by atoms with Crippen LogP contribution in [0.5, 0.6) is 5.75 Å². The largest absolute Gasteiger partial charge is 0.491 e. The summed E-state index contributed by atoms with van der Waals surface area (Å²) in [5.41, 5.74) is 5.00. The molecule has 0 radical (unpaired) electrons. The van der Waals surface area contributed by atoms with Gasteiger partial charge in [0, 0.05) is 30.7 Å². The fourth-order valence-corrected chi connectivity index (χ4v) is 4.73. The topological polar surface area (TPSA) is 94.5 Å². The van der Waals surface area contributed by atoms with Crippen LogP contribution in [0.1, 0.15) is 30.9 Å². The molecule has 5 rings (SSSR count). The number of amides is 2. The zero-order chi connectivity index (χ0) is 27.7. The Morgan fingerprint density at radius 1 is 1.00 bits per heavy atom. The van der Waals surface area contributed by atoms with Gasteiger partial charge in [-0.25, -0.2) is 4.68 Å². The van der Waals surface area contributed by atoms with E-state index in [1.165, 1.54) is 5.56 Å². The lowest BCUT2D eigenvalue weighted by atomic mass is 10.0. The van der Waals surface area contributed by atoms with E-state index in [-0.39, 0.29) is 18.2 Å². The van der Waals surface area contributed by atoms with Gasteiger partial charge in [-0.1, -0.05) is 67.9 Å². The first-order valence-corrected chi connectivity index (χ1v) is 13.7. The molecule has 0 aliphatic carbocycles. The van der Waals surface area contributed by atoms with E-state index in [1.54, 1.807) is 0 Å². The van der Waals surface area contributed by atoms with Gasteiger partial charge in [-0.2, -0.15) is 0 Å². The van der Waals surface area contributed by atoms with Crippen LogP contribution in [-0.2, 0) is 27.4 Å². The highest BCUT2D eigenvalue weighted by atomic mass is 16.5. The summed E-state index contributed by atoms with van der Waals surface area (Å²) in [6, 6.07) is 28.0. The van der Waals surface area contributed by atoms with Crippen molar-refractivity contribution >= 4 is 17.6 Å². The standard InChI is InChI=1S/C32H34N4O4/c1-2-8-23-11-6-12-25(17-23)29-20-30(34-32(38)26-18-31(37)33-21-26)35-36(29)27-13-7-14-28(19-27)40-16-15-39-22-24-9-4-3-5-10-24/h3-7,9-14,17,19-20,26H,2,8,15-16,18,21-22H2,1H3,(H,33,37)(H,34,35,38)/t26-/m0/s1. The molecule has 2 amide bonds. The first kappa shape index (κ1) is 27.1. The predicted octanol–water partition coefficient (Wildman–Crippen LogP) is 5.16. The van der Waals surface area contributed by atoms with Gasteiger partial charge in [0.05, 0.1) is 30.5 Å². The van der Waals surface area contributed by atoms with Crippen molar-refractivity contribution in [3.63, 3.8) is 0 Å². The lowest BCUT2D eigenvalue weighted by Crippen LogP contribution is -2.24. The highest BCUT2D eigenvalue weighted by molar-refractivity contribution is 5.97. The maximum atomic E-state index is 12.8. The molecule has 1 aliphatic rings. The number of rotatable bonds is 12. The molecule has 1 fully saturated rings. The average molecular weight is 539 g/mol. The number of nitrogens with zero attached hydrogens (tertiary/aromatic N) is 2. The lowest BCUT2D eigenvalue weighted by molar-refractivity contribution is -0.123. The SMILES string of the molecule is CCCc1cccc(-c2cc(NC(=O)[C@@H]3CNC(=O)C3)nn2-c2cccc(OCCOCc3ccccc3)c2)c1. The van der Waals surface area contributed by atoms with Gasteiger partial charge in [0.2, 0.25) is 11.8 Å². The molecule has 40 heavy (non-hydrogen) atoms. The highest BCUT2D eigenvalue weighted by Gasteiger charge is 2.28. The van der Waals surface area contributed by atoms with Crippen molar-refractivity contribution in [3.8, 4) is 22.7 Å². The first-order chi connectivity index (χ1) is 19.6. The molecule has 0 spiro atoms. The van der Waals surface area contributed by atoms with Crippen LogP contribution in [0.15, 0.2) is 84.9 Å². The lowest BCUT2D eigenvalue weighted by Gasteiger charge is -2.12. The number of benzene rings is 3. The van der Waals surface area contributed by atoms with Crippen LogP contribution in [-0.4, -0.2) is 41.4 Å². The summed E-state index contributed by atoms with van der Waals surface area (Å²) in [6.45, 7) is 3.91. The molecule has 0 unspecified atom stereocenters. The van der Waals surface area contributed by atoms with Gasteiger partial charge in [0.25, 0.3) is 0 Å². The summed E-state index contributed by atoms with van der Waals surface area (Å²) in [5, 5.41) is 10.4. The number of aryl methyl sites for hydroxylation is 1. The number of ether oxygens (including phenoxy) is 2. The van der Waals surface area contributed by atoms with E-state index in [2.05, 4.69) is 29.7 Å². The van der Waals surface area contributed by atoms with E-state index in [0.717, 1.165) is 35.3 Å². The number of anilines is 1. The molecule has 8 nitrogen and oxygen atoms in total. The molecule has 0 saturated carbocycles.